The van der Waals surface area contributed by atoms with E-state index in [-0.39, 0.29) is 0 Å². The Morgan fingerprint density at radius 1 is 1.24 bits per heavy atom. The number of aryl methyl sites for hydroxylation is 2. The van der Waals surface area contributed by atoms with Crippen LogP contribution in [0.5, 0.6) is 5.75 Å². The highest BCUT2D eigenvalue weighted by Gasteiger charge is 2.09. The van der Waals surface area contributed by atoms with Gasteiger partial charge in [-0.05, 0) is 44.4 Å². The number of hydrogen-bond donors (Lipinski definition) is 0. The van der Waals surface area contributed by atoms with Crippen LogP contribution in [0.2, 0.25) is 0 Å². The van der Waals surface area contributed by atoms with Crippen LogP contribution in [-0.2, 0) is 6.61 Å². The molecule has 0 aliphatic rings. The summed E-state index contributed by atoms with van der Waals surface area (Å²) < 4.78 is 10.8. The number of nitrogens with zero attached hydrogens (tertiary/aromatic N) is 1. The third kappa shape index (κ3) is 2.82. The minimum atomic E-state index is 0.500. The van der Waals surface area contributed by atoms with Gasteiger partial charge < -0.3 is 9.26 Å². The molecule has 0 saturated heterocycles. The summed E-state index contributed by atoms with van der Waals surface area (Å²) in [6, 6.07) is 8.05. The van der Waals surface area contributed by atoms with Crippen molar-refractivity contribution in [3.63, 3.8) is 0 Å². The van der Waals surface area contributed by atoms with Crippen molar-refractivity contribution in [2.24, 2.45) is 0 Å². The van der Waals surface area contributed by atoms with Crippen LogP contribution in [0.15, 0.2) is 33.7 Å². The van der Waals surface area contributed by atoms with Crippen molar-refractivity contribution in [2.45, 2.75) is 25.3 Å². The van der Waals surface area contributed by atoms with E-state index in [0.29, 0.717) is 6.61 Å². The zero-order valence-electron chi connectivity index (χ0n) is 10.2. The lowest BCUT2D eigenvalue weighted by Gasteiger charge is -2.06. The van der Waals surface area contributed by atoms with Gasteiger partial charge in [-0.15, -0.1) is 11.8 Å². The van der Waals surface area contributed by atoms with E-state index in [1.807, 2.05) is 38.1 Å². The van der Waals surface area contributed by atoms with Crippen molar-refractivity contribution in [3.8, 4) is 5.75 Å². The third-order valence-electron chi connectivity index (χ3n) is 2.62. The Kier molecular flexibility index (Phi) is 3.74. The number of hydrogen-bond acceptors (Lipinski definition) is 4. The first-order valence-corrected chi connectivity index (χ1v) is 6.62. The fourth-order valence-electron chi connectivity index (χ4n) is 1.54. The third-order valence-corrected chi connectivity index (χ3v) is 3.37. The molecule has 0 radical (unpaired) electrons. The molecule has 1 heterocycles. The van der Waals surface area contributed by atoms with Gasteiger partial charge in [-0.3, -0.25) is 0 Å². The first kappa shape index (κ1) is 12.0. The molecule has 0 aliphatic heterocycles. The topological polar surface area (TPSA) is 35.3 Å². The van der Waals surface area contributed by atoms with Gasteiger partial charge >= 0.3 is 0 Å². The second-order valence-electron chi connectivity index (χ2n) is 3.77. The van der Waals surface area contributed by atoms with E-state index in [2.05, 4.69) is 11.4 Å². The second kappa shape index (κ2) is 5.27. The normalized spacial score (nSPS) is 10.5. The molecule has 1 aromatic heterocycles. The molecule has 0 unspecified atom stereocenters. The molecular weight excluding hydrogens is 234 g/mol. The Morgan fingerprint density at radius 2 is 1.94 bits per heavy atom. The minimum Gasteiger partial charge on any atom is -0.489 e. The molecule has 3 nitrogen and oxygen atoms in total. The van der Waals surface area contributed by atoms with E-state index in [4.69, 9.17) is 9.26 Å². The maximum absolute atomic E-state index is 5.70. The molecule has 90 valence electrons. The van der Waals surface area contributed by atoms with Crippen molar-refractivity contribution in [1.82, 2.24) is 5.16 Å². The highest BCUT2D eigenvalue weighted by atomic mass is 32.2. The minimum absolute atomic E-state index is 0.500. The summed E-state index contributed by atoms with van der Waals surface area (Å²) in [6.45, 7) is 4.32. The molecule has 0 amide bonds. The second-order valence-corrected chi connectivity index (χ2v) is 4.65. The molecule has 1 aromatic carbocycles. The number of rotatable bonds is 4. The number of ether oxygens (including phenoxy) is 1. The van der Waals surface area contributed by atoms with Gasteiger partial charge in [0, 0.05) is 4.90 Å². The Labute approximate surface area is 105 Å². The average Bonchev–Trinajstić information content (AvgIpc) is 2.67. The van der Waals surface area contributed by atoms with Gasteiger partial charge in [0.2, 0.25) is 0 Å². The van der Waals surface area contributed by atoms with E-state index in [9.17, 15) is 0 Å². The Balaban J connectivity index is 2.02. The van der Waals surface area contributed by atoms with Gasteiger partial charge in [0.15, 0.2) is 0 Å². The highest BCUT2D eigenvalue weighted by Crippen LogP contribution is 2.21. The summed E-state index contributed by atoms with van der Waals surface area (Å²) in [6.07, 6.45) is 2.06. The quantitative estimate of drug-likeness (QED) is 0.776. The van der Waals surface area contributed by atoms with Gasteiger partial charge in [-0.1, -0.05) is 5.16 Å². The standard InChI is InChI=1S/C13H15NO2S/c1-9-13(10(2)16-14-9)8-15-11-4-6-12(17-3)7-5-11/h4-7H,8H2,1-3H3. The number of thioether (sulfide) groups is 1. The lowest BCUT2D eigenvalue weighted by Crippen LogP contribution is -1.97. The Bertz CT molecular complexity index is 471. The molecule has 2 rings (SSSR count). The summed E-state index contributed by atoms with van der Waals surface area (Å²) in [7, 11) is 0. The summed E-state index contributed by atoms with van der Waals surface area (Å²) in [5.41, 5.74) is 1.92. The molecule has 0 fully saturated rings. The molecule has 0 atom stereocenters. The predicted octanol–water partition coefficient (Wildman–Crippen LogP) is 3.59. The molecule has 17 heavy (non-hydrogen) atoms. The van der Waals surface area contributed by atoms with Gasteiger partial charge in [-0.2, -0.15) is 0 Å². The lowest BCUT2D eigenvalue weighted by molar-refractivity contribution is 0.301. The van der Waals surface area contributed by atoms with Gasteiger partial charge in [0.1, 0.15) is 18.1 Å². The van der Waals surface area contributed by atoms with Gasteiger partial charge in [0.05, 0.1) is 11.3 Å². The van der Waals surface area contributed by atoms with E-state index in [1.165, 1.54) is 4.90 Å². The predicted molar refractivity (Wildman–Crippen MR) is 68.5 cm³/mol. The van der Waals surface area contributed by atoms with Crippen LogP contribution in [0.3, 0.4) is 0 Å². The molecule has 0 spiro atoms. The maximum Gasteiger partial charge on any atom is 0.140 e. The van der Waals surface area contributed by atoms with Crippen LogP contribution in [0.1, 0.15) is 17.0 Å². The van der Waals surface area contributed by atoms with Crippen molar-refractivity contribution >= 4 is 11.8 Å². The Hall–Kier alpha value is -1.42. The van der Waals surface area contributed by atoms with Crippen molar-refractivity contribution in [3.05, 3.63) is 41.3 Å². The number of benzene rings is 1. The zero-order valence-corrected chi connectivity index (χ0v) is 11.0. The molecule has 0 aliphatic carbocycles. The van der Waals surface area contributed by atoms with Gasteiger partial charge in [0.25, 0.3) is 0 Å². The van der Waals surface area contributed by atoms with Gasteiger partial charge in [-0.25, -0.2) is 0 Å². The van der Waals surface area contributed by atoms with Crippen molar-refractivity contribution in [1.29, 1.82) is 0 Å². The first-order valence-electron chi connectivity index (χ1n) is 5.39. The highest BCUT2D eigenvalue weighted by molar-refractivity contribution is 7.98. The molecule has 0 bridgehead atoms. The smallest absolute Gasteiger partial charge is 0.140 e. The summed E-state index contributed by atoms with van der Waals surface area (Å²) in [5.74, 6) is 1.69. The maximum atomic E-state index is 5.70. The van der Waals surface area contributed by atoms with Crippen molar-refractivity contribution in [2.75, 3.05) is 6.26 Å². The SMILES string of the molecule is CSc1ccc(OCc2c(C)noc2C)cc1. The van der Waals surface area contributed by atoms with Crippen LogP contribution in [0.25, 0.3) is 0 Å². The van der Waals surface area contributed by atoms with E-state index in [1.54, 1.807) is 11.8 Å². The van der Waals surface area contributed by atoms with Crippen LogP contribution in [0.4, 0.5) is 0 Å². The molecule has 4 heteroatoms. The largest absolute Gasteiger partial charge is 0.489 e. The monoisotopic (exact) mass is 249 g/mol. The zero-order chi connectivity index (χ0) is 12.3. The fourth-order valence-corrected chi connectivity index (χ4v) is 1.94. The fraction of sp³-hybridized carbons (Fsp3) is 0.308. The van der Waals surface area contributed by atoms with E-state index >= 15 is 0 Å². The summed E-state index contributed by atoms with van der Waals surface area (Å²) in [4.78, 5) is 1.23. The summed E-state index contributed by atoms with van der Waals surface area (Å²) >= 11 is 1.72. The molecule has 2 aromatic rings. The number of aromatic nitrogens is 1. The Morgan fingerprint density at radius 3 is 2.47 bits per heavy atom. The van der Waals surface area contributed by atoms with Crippen molar-refractivity contribution < 1.29 is 9.26 Å². The molecular formula is C13H15NO2S. The van der Waals surface area contributed by atoms with Crippen LogP contribution < -0.4 is 4.74 Å². The molecule has 0 saturated carbocycles. The first-order chi connectivity index (χ1) is 8.20. The lowest BCUT2D eigenvalue weighted by atomic mass is 10.2. The average molecular weight is 249 g/mol. The van der Waals surface area contributed by atoms with Crippen LogP contribution in [0, 0.1) is 13.8 Å². The molecule has 0 N–H and O–H groups in total. The summed E-state index contributed by atoms with van der Waals surface area (Å²) in [5, 5.41) is 3.90. The van der Waals surface area contributed by atoms with Crippen LogP contribution >= 0.6 is 11.8 Å². The van der Waals surface area contributed by atoms with E-state index in [0.717, 1.165) is 22.8 Å². The van der Waals surface area contributed by atoms with Crippen LogP contribution in [-0.4, -0.2) is 11.4 Å². The van der Waals surface area contributed by atoms with E-state index < -0.39 is 0 Å².